The quantitative estimate of drug-likeness (QED) is 0.366. The summed E-state index contributed by atoms with van der Waals surface area (Å²) in [5, 5.41) is 52.0. The smallest absolute Gasteiger partial charge is 0.321 e. The minimum absolute atomic E-state index is 0.233. The van der Waals surface area contributed by atoms with Crippen LogP contribution < -0.4 is 5.32 Å². The van der Waals surface area contributed by atoms with E-state index in [-0.39, 0.29) is 6.42 Å². The molecule has 5 atom stereocenters. The third-order valence-corrected chi connectivity index (χ3v) is 4.52. The molecule has 0 bridgehead atoms. The van der Waals surface area contributed by atoms with Crippen molar-refractivity contribution in [1.29, 1.82) is 0 Å². The number of aromatic amines is 1. The van der Waals surface area contributed by atoms with Gasteiger partial charge < -0.3 is 30.5 Å². The van der Waals surface area contributed by atoms with E-state index in [4.69, 9.17) is 5.11 Å². The zero-order valence-corrected chi connectivity index (χ0v) is 12.8. The molecule has 0 amide bonds. The van der Waals surface area contributed by atoms with E-state index in [1.165, 1.54) is 0 Å². The molecule has 0 radical (unpaired) electrons. The van der Waals surface area contributed by atoms with Crippen molar-refractivity contribution < 1.29 is 30.3 Å². The molecule has 2 aromatic rings. The number of benzene rings is 1. The van der Waals surface area contributed by atoms with E-state index in [1.807, 2.05) is 24.3 Å². The number of para-hydroxylation sites is 1. The number of H-pyrrole nitrogens is 1. The van der Waals surface area contributed by atoms with Crippen molar-refractivity contribution in [2.45, 2.75) is 36.8 Å². The minimum atomic E-state index is -1.63. The number of nitrogens with one attached hydrogen (secondary N) is 2. The first-order chi connectivity index (χ1) is 11.4. The molecule has 8 nitrogen and oxygen atoms in total. The van der Waals surface area contributed by atoms with Gasteiger partial charge in [-0.15, -0.1) is 0 Å². The average molecular weight is 336 g/mol. The van der Waals surface area contributed by atoms with Crippen LogP contribution in [0.15, 0.2) is 24.3 Å². The van der Waals surface area contributed by atoms with Crippen LogP contribution in [0.25, 0.3) is 10.9 Å². The van der Waals surface area contributed by atoms with E-state index in [1.54, 1.807) is 0 Å². The monoisotopic (exact) mass is 336 g/mol. The lowest BCUT2D eigenvalue weighted by Gasteiger charge is -2.35. The Hall–Kier alpha value is -1.97. The highest BCUT2D eigenvalue weighted by Gasteiger charge is 2.40. The number of carbonyl (C=O) groups is 1. The van der Waals surface area contributed by atoms with Gasteiger partial charge in [0.25, 0.3) is 0 Å². The number of hydrogen-bond acceptors (Lipinski definition) is 6. The number of aromatic nitrogens is 1. The van der Waals surface area contributed by atoms with Gasteiger partial charge in [0.1, 0.15) is 24.4 Å². The summed E-state index contributed by atoms with van der Waals surface area (Å²) in [5.74, 6) is -1.07. The number of carboxylic acid groups (broad SMARTS) is 1. The van der Waals surface area contributed by atoms with Crippen LogP contribution in [-0.2, 0) is 11.2 Å². The Balaban J connectivity index is 2.05. The van der Waals surface area contributed by atoms with Crippen LogP contribution >= 0.6 is 0 Å². The Bertz CT molecular complexity index is 745. The van der Waals surface area contributed by atoms with E-state index < -0.39 is 43.0 Å². The van der Waals surface area contributed by atoms with Crippen LogP contribution in [-0.4, -0.2) is 67.4 Å². The second kappa shape index (κ2) is 6.50. The predicted octanol–water partition coefficient (Wildman–Crippen LogP) is -1.12. The molecule has 0 aliphatic carbocycles. The molecule has 0 saturated carbocycles. The van der Waals surface area contributed by atoms with E-state index >= 15 is 0 Å². The minimum Gasteiger partial charge on any atom is -0.480 e. The molecule has 2 heterocycles. The Morgan fingerprint density at radius 1 is 1.25 bits per heavy atom. The van der Waals surface area contributed by atoms with E-state index in [2.05, 4.69) is 10.3 Å². The molecule has 24 heavy (non-hydrogen) atoms. The maximum absolute atomic E-state index is 11.4. The van der Waals surface area contributed by atoms with Crippen LogP contribution in [0.3, 0.4) is 0 Å². The second-order valence-electron chi connectivity index (χ2n) is 6.03. The number of hydrogen-bond donors (Lipinski definition) is 7. The summed E-state index contributed by atoms with van der Waals surface area (Å²) in [6.45, 7) is -0.715. The number of fused-ring (bicyclic) bond motifs is 3. The Kier molecular flexibility index (Phi) is 4.57. The fraction of sp³-hybridized carbons (Fsp3) is 0.438. The van der Waals surface area contributed by atoms with Crippen molar-refractivity contribution in [2.24, 2.45) is 0 Å². The number of aliphatic hydroxyl groups excluding tert-OH is 4. The number of carboxylic acids is 1. The molecule has 1 aromatic carbocycles. The van der Waals surface area contributed by atoms with Crippen LogP contribution in [0.5, 0.6) is 0 Å². The number of aliphatic carboxylic acids is 1. The Morgan fingerprint density at radius 3 is 2.62 bits per heavy atom. The van der Waals surface area contributed by atoms with Gasteiger partial charge in [0, 0.05) is 23.0 Å². The largest absolute Gasteiger partial charge is 0.480 e. The van der Waals surface area contributed by atoms with Crippen LogP contribution in [0.1, 0.15) is 17.3 Å². The highest BCUT2D eigenvalue weighted by Crippen LogP contribution is 2.34. The zero-order chi connectivity index (χ0) is 17.4. The van der Waals surface area contributed by atoms with E-state index in [0.29, 0.717) is 5.69 Å². The topological polar surface area (TPSA) is 146 Å². The lowest BCUT2D eigenvalue weighted by atomic mass is 9.88. The molecule has 0 unspecified atom stereocenters. The lowest BCUT2D eigenvalue weighted by molar-refractivity contribution is -0.141. The summed E-state index contributed by atoms with van der Waals surface area (Å²) in [4.78, 5) is 14.6. The Labute approximate surface area is 137 Å². The first-order valence-corrected chi connectivity index (χ1v) is 7.67. The van der Waals surface area contributed by atoms with Crippen LogP contribution in [0.2, 0.25) is 0 Å². The fourth-order valence-corrected chi connectivity index (χ4v) is 3.23. The van der Waals surface area contributed by atoms with Gasteiger partial charge in [0.05, 0.1) is 12.6 Å². The normalized spacial score (nSPS) is 24.3. The highest BCUT2D eigenvalue weighted by atomic mass is 16.4. The van der Waals surface area contributed by atoms with E-state index in [0.717, 1.165) is 16.5 Å². The summed E-state index contributed by atoms with van der Waals surface area (Å²) < 4.78 is 0. The molecule has 7 N–H and O–H groups in total. The fourth-order valence-electron chi connectivity index (χ4n) is 3.23. The maximum atomic E-state index is 11.4. The molecule has 1 aliphatic rings. The standard InChI is InChI=1S/C16H20N2O6/c19-6-11(20)14(21)15(22)13-12-8(5-10(18-13)16(23)24)7-3-1-2-4-9(7)17-12/h1-4,10-11,13-15,17-22H,5-6H2,(H,23,24)/t10-,11-,13-,14-,15+/m0/s1. The number of rotatable bonds is 5. The van der Waals surface area contributed by atoms with Crippen LogP contribution in [0, 0.1) is 0 Å². The summed E-state index contributed by atoms with van der Waals surface area (Å²) in [7, 11) is 0. The SMILES string of the molecule is O=C(O)[C@@H]1Cc2c([nH]c3ccccc23)[C@@H]([C@@H](O)[C@@H](O)[C@@H](O)CO)N1. The molecule has 130 valence electrons. The zero-order valence-electron chi connectivity index (χ0n) is 12.8. The summed E-state index contributed by atoms with van der Waals surface area (Å²) in [6, 6.07) is 5.52. The number of aliphatic hydroxyl groups is 4. The lowest BCUT2D eigenvalue weighted by Crippen LogP contribution is -2.53. The molecule has 0 fully saturated rings. The summed E-state index contributed by atoms with van der Waals surface area (Å²) in [6.07, 6.45) is -4.42. The van der Waals surface area contributed by atoms with Crippen molar-refractivity contribution in [1.82, 2.24) is 10.3 Å². The van der Waals surface area contributed by atoms with Gasteiger partial charge in [-0.05, 0) is 11.6 Å². The molecule has 1 aromatic heterocycles. The molecule has 0 spiro atoms. The van der Waals surface area contributed by atoms with Gasteiger partial charge in [-0.25, -0.2) is 0 Å². The average Bonchev–Trinajstić information content (AvgIpc) is 2.97. The van der Waals surface area contributed by atoms with Crippen molar-refractivity contribution in [2.75, 3.05) is 6.61 Å². The summed E-state index contributed by atoms with van der Waals surface area (Å²) >= 11 is 0. The molecule has 1 aliphatic heterocycles. The van der Waals surface area contributed by atoms with Gasteiger partial charge in [-0.3, -0.25) is 10.1 Å². The molecular weight excluding hydrogens is 316 g/mol. The first kappa shape index (κ1) is 16.9. The summed E-state index contributed by atoms with van der Waals surface area (Å²) in [5.41, 5.74) is 2.13. The van der Waals surface area contributed by atoms with Crippen molar-refractivity contribution in [3.05, 3.63) is 35.5 Å². The van der Waals surface area contributed by atoms with Gasteiger partial charge in [0.2, 0.25) is 0 Å². The van der Waals surface area contributed by atoms with Crippen molar-refractivity contribution in [3.63, 3.8) is 0 Å². The molecule has 0 saturated heterocycles. The molecule has 3 rings (SSSR count). The van der Waals surface area contributed by atoms with Crippen LogP contribution in [0.4, 0.5) is 0 Å². The molecule has 8 heteroatoms. The third-order valence-electron chi connectivity index (χ3n) is 4.52. The maximum Gasteiger partial charge on any atom is 0.321 e. The van der Waals surface area contributed by atoms with Crippen molar-refractivity contribution >= 4 is 16.9 Å². The third kappa shape index (κ3) is 2.79. The second-order valence-corrected chi connectivity index (χ2v) is 6.03. The first-order valence-electron chi connectivity index (χ1n) is 7.67. The van der Waals surface area contributed by atoms with Gasteiger partial charge >= 0.3 is 5.97 Å². The Morgan fingerprint density at radius 2 is 1.96 bits per heavy atom. The highest BCUT2D eigenvalue weighted by molar-refractivity contribution is 5.86. The predicted molar refractivity (Wildman–Crippen MR) is 84.4 cm³/mol. The van der Waals surface area contributed by atoms with E-state index in [9.17, 15) is 25.2 Å². The van der Waals surface area contributed by atoms with Gasteiger partial charge in [-0.1, -0.05) is 18.2 Å². The molecular formula is C16H20N2O6. The van der Waals surface area contributed by atoms with Crippen molar-refractivity contribution in [3.8, 4) is 0 Å². The van der Waals surface area contributed by atoms with Gasteiger partial charge in [-0.2, -0.15) is 0 Å². The van der Waals surface area contributed by atoms with Gasteiger partial charge in [0.15, 0.2) is 0 Å².